The molecule has 1 rings (SSSR count). The van der Waals surface area contributed by atoms with Gasteiger partial charge in [0.2, 0.25) is 0 Å². The second-order valence-corrected chi connectivity index (χ2v) is 7.18. The monoisotopic (exact) mass is 478 g/mol. The van der Waals surface area contributed by atoms with Crippen molar-refractivity contribution >= 4 is 23.9 Å². The lowest BCUT2D eigenvalue weighted by Gasteiger charge is -2.11. The second kappa shape index (κ2) is 19.3. The van der Waals surface area contributed by atoms with Crippen LogP contribution < -0.4 is 0 Å². The number of carbonyl (C=O) groups is 4. The highest BCUT2D eigenvalue weighted by molar-refractivity contribution is 6.05. The molecule has 0 aliphatic carbocycles. The molecule has 8 nitrogen and oxygen atoms in total. The predicted molar refractivity (Wildman–Crippen MR) is 129 cm³/mol. The fraction of sp³-hybridized carbons (Fsp3) is 0.538. The summed E-state index contributed by atoms with van der Waals surface area (Å²) in [6, 6.07) is 4.23. The lowest BCUT2D eigenvalue weighted by atomic mass is 10.0. The van der Waals surface area contributed by atoms with Gasteiger partial charge < -0.3 is 18.9 Å². The molecule has 1 aromatic rings. The quantitative estimate of drug-likeness (QED) is 0.154. The topological polar surface area (TPSA) is 105 Å². The van der Waals surface area contributed by atoms with Crippen LogP contribution in [0.15, 0.2) is 30.9 Å². The van der Waals surface area contributed by atoms with Gasteiger partial charge in [0, 0.05) is 6.08 Å². The van der Waals surface area contributed by atoms with Gasteiger partial charge in [0.25, 0.3) is 0 Å². The van der Waals surface area contributed by atoms with E-state index in [9.17, 15) is 19.2 Å². The van der Waals surface area contributed by atoms with E-state index in [1.54, 1.807) is 6.92 Å². The van der Waals surface area contributed by atoms with E-state index >= 15 is 0 Å². The largest absolute Gasteiger partial charge is 0.463 e. The third kappa shape index (κ3) is 12.8. The van der Waals surface area contributed by atoms with Gasteiger partial charge in [-0.25, -0.2) is 19.2 Å². The van der Waals surface area contributed by atoms with Crippen LogP contribution in [-0.4, -0.2) is 50.3 Å². The number of hydrogen-bond donors (Lipinski definition) is 0. The molecular formula is C26H38O8. The minimum Gasteiger partial charge on any atom is -0.463 e. The van der Waals surface area contributed by atoms with Gasteiger partial charge in [-0.1, -0.05) is 46.6 Å². The van der Waals surface area contributed by atoms with E-state index in [0.717, 1.165) is 44.6 Å². The Kier molecular flexibility index (Phi) is 17.5. The fourth-order valence-corrected chi connectivity index (χ4v) is 2.39. The minimum absolute atomic E-state index is 0.0255. The van der Waals surface area contributed by atoms with Crippen molar-refractivity contribution in [3.05, 3.63) is 47.5 Å². The molecular weight excluding hydrogens is 440 g/mol. The van der Waals surface area contributed by atoms with Gasteiger partial charge in [0.15, 0.2) is 0 Å². The number of rotatable bonds is 14. The van der Waals surface area contributed by atoms with Crippen molar-refractivity contribution in [2.45, 2.75) is 66.2 Å². The molecule has 0 aromatic heterocycles. The Labute approximate surface area is 202 Å². The number of unbranched alkanes of at least 4 members (excludes halogenated alkanes) is 3. The average molecular weight is 479 g/mol. The molecule has 8 heteroatoms. The standard InChI is InChI=1S/C21H30O6.C5H8O2/c1-4-7-12-25-19(22)16-10-11-17(20(23)26-13-8-5-2)18(15-16)21(24)27-14-9-6-3;1-3-5(6)7-4-2/h10-11,15H,4-9,12-14H2,1-3H3;3H,1,4H2,2H3. The van der Waals surface area contributed by atoms with Crippen molar-refractivity contribution in [2.24, 2.45) is 0 Å². The third-order valence-corrected chi connectivity index (χ3v) is 4.34. The summed E-state index contributed by atoms with van der Waals surface area (Å²) in [7, 11) is 0. The van der Waals surface area contributed by atoms with Crippen LogP contribution in [0.2, 0.25) is 0 Å². The van der Waals surface area contributed by atoms with Gasteiger partial charge in [-0.3, -0.25) is 0 Å². The van der Waals surface area contributed by atoms with Gasteiger partial charge in [0.1, 0.15) is 0 Å². The van der Waals surface area contributed by atoms with E-state index in [0.29, 0.717) is 13.2 Å². The Morgan fingerprint density at radius 2 is 1.18 bits per heavy atom. The maximum Gasteiger partial charge on any atom is 0.339 e. The molecule has 1 aromatic carbocycles. The lowest BCUT2D eigenvalue weighted by Crippen LogP contribution is -2.17. The molecule has 0 amide bonds. The second-order valence-electron chi connectivity index (χ2n) is 7.18. The molecule has 0 radical (unpaired) electrons. The highest BCUT2D eigenvalue weighted by Gasteiger charge is 2.22. The summed E-state index contributed by atoms with van der Waals surface area (Å²) >= 11 is 0. The van der Waals surface area contributed by atoms with Crippen molar-refractivity contribution in [1.29, 1.82) is 0 Å². The number of esters is 4. The van der Waals surface area contributed by atoms with Crippen LogP contribution in [0.25, 0.3) is 0 Å². The first-order valence-electron chi connectivity index (χ1n) is 11.8. The molecule has 0 saturated carbocycles. The van der Waals surface area contributed by atoms with Gasteiger partial charge in [-0.15, -0.1) is 0 Å². The van der Waals surface area contributed by atoms with Gasteiger partial charge in [-0.05, 0) is 44.4 Å². The first-order chi connectivity index (χ1) is 16.4. The summed E-state index contributed by atoms with van der Waals surface area (Å²) in [6.45, 7) is 12.2. The zero-order valence-electron chi connectivity index (χ0n) is 20.9. The average Bonchev–Trinajstić information content (AvgIpc) is 2.84. The molecule has 0 heterocycles. The molecule has 0 fully saturated rings. The van der Waals surface area contributed by atoms with Crippen molar-refractivity contribution in [3.63, 3.8) is 0 Å². The summed E-state index contributed by atoms with van der Waals surface area (Å²) in [6.07, 6.45) is 6.04. The molecule has 0 aliphatic rings. The fourth-order valence-electron chi connectivity index (χ4n) is 2.39. The highest BCUT2D eigenvalue weighted by atomic mass is 16.5. The molecule has 190 valence electrons. The molecule has 0 N–H and O–H groups in total. The van der Waals surface area contributed by atoms with E-state index in [1.807, 2.05) is 20.8 Å². The van der Waals surface area contributed by atoms with Crippen molar-refractivity contribution < 1.29 is 38.1 Å². The van der Waals surface area contributed by atoms with Crippen molar-refractivity contribution in [3.8, 4) is 0 Å². The van der Waals surface area contributed by atoms with Gasteiger partial charge in [-0.2, -0.15) is 0 Å². The van der Waals surface area contributed by atoms with Gasteiger partial charge in [0.05, 0.1) is 43.1 Å². The van der Waals surface area contributed by atoms with E-state index in [-0.39, 0.29) is 35.9 Å². The Morgan fingerprint density at radius 3 is 1.59 bits per heavy atom. The van der Waals surface area contributed by atoms with Crippen LogP contribution in [0.4, 0.5) is 0 Å². The Bertz CT molecular complexity index is 785. The van der Waals surface area contributed by atoms with Crippen molar-refractivity contribution in [2.75, 3.05) is 26.4 Å². The summed E-state index contributed by atoms with van der Waals surface area (Å²) in [5.74, 6) is -2.13. The van der Waals surface area contributed by atoms with Crippen LogP contribution in [0.1, 0.15) is 97.3 Å². The summed E-state index contributed by atoms with van der Waals surface area (Å²) in [4.78, 5) is 47.0. The van der Waals surface area contributed by atoms with Crippen LogP contribution in [-0.2, 0) is 23.7 Å². The molecule has 0 atom stereocenters. The van der Waals surface area contributed by atoms with Crippen LogP contribution >= 0.6 is 0 Å². The Morgan fingerprint density at radius 1 is 0.706 bits per heavy atom. The van der Waals surface area contributed by atoms with Crippen LogP contribution in [0.5, 0.6) is 0 Å². The number of benzene rings is 1. The number of carbonyl (C=O) groups excluding carboxylic acids is 4. The van der Waals surface area contributed by atoms with E-state index in [2.05, 4.69) is 11.3 Å². The first kappa shape index (κ1) is 30.8. The third-order valence-electron chi connectivity index (χ3n) is 4.34. The maximum absolute atomic E-state index is 12.4. The number of hydrogen-bond acceptors (Lipinski definition) is 8. The molecule has 0 bridgehead atoms. The van der Waals surface area contributed by atoms with Crippen molar-refractivity contribution in [1.82, 2.24) is 0 Å². The van der Waals surface area contributed by atoms with E-state index < -0.39 is 17.9 Å². The lowest BCUT2D eigenvalue weighted by molar-refractivity contribution is -0.137. The summed E-state index contributed by atoms with van der Waals surface area (Å²) in [5, 5.41) is 0. The summed E-state index contributed by atoms with van der Waals surface area (Å²) < 4.78 is 20.0. The predicted octanol–water partition coefficient (Wildman–Crippen LogP) is 5.29. The normalized spacial score (nSPS) is 9.76. The number of ether oxygens (including phenoxy) is 4. The van der Waals surface area contributed by atoms with Crippen LogP contribution in [0.3, 0.4) is 0 Å². The SMILES string of the molecule is C=CC(=O)OCC.CCCCOC(=O)c1ccc(C(=O)OCCCC)c(C(=O)OCCCC)c1. The molecule has 0 unspecified atom stereocenters. The molecule has 0 spiro atoms. The zero-order valence-corrected chi connectivity index (χ0v) is 20.9. The Hall–Kier alpha value is -3.16. The molecule has 34 heavy (non-hydrogen) atoms. The first-order valence-corrected chi connectivity index (χ1v) is 11.8. The van der Waals surface area contributed by atoms with Crippen LogP contribution in [0, 0.1) is 0 Å². The van der Waals surface area contributed by atoms with E-state index in [1.165, 1.54) is 18.2 Å². The Balaban J connectivity index is 0.00000135. The highest BCUT2D eigenvalue weighted by Crippen LogP contribution is 2.17. The van der Waals surface area contributed by atoms with Gasteiger partial charge >= 0.3 is 23.9 Å². The molecule has 0 aliphatic heterocycles. The smallest absolute Gasteiger partial charge is 0.339 e. The maximum atomic E-state index is 12.4. The minimum atomic E-state index is -0.644. The zero-order chi connectivity index (χ0) is 25.8. The summed E-state index contributed by atoms with van der Waals surface area (Å²) in [5.41, 5.74) is 0.328. The molecule has 0 saturated heterocycles. The van der Waals surface area contributed by atoms with E-state index in [4.69, 9.17) is 14.2 Å².